The van der Waals surface area contributed by atoms with Crippen molar-refractivity contribution in [3.8, 4) is 0 Å². The van der Waals surface area contributed by atoms with Crippen LogP contribution in [0, 0.1) is 6.92 Å². The highest BCUT2D eigenvalue weighted by molar-refractivity contribution is 8.00. The van der Waals surface area contributed by atoms with E-state index in [1.54, 1.807) is 0 Å². The lowest BCUT2D eigenvalue weighted by atomic mass is 9.89. The van der Waals surface area contributed by atoms with Gasteiger partial charge in [0.05, 0.1) is 5.54 Å². The lowest BCUT2D eigenvalue weighted by Gasteiger charge is -2.44. The van der Waals surface area contributed by atoms with Gasteiger partial charge in [-0.1, -0.05) is 19.1 Å². The minimum Gasteiger partial charge on any atom is -0.364 e. The molecule has 1 aromatic rings. The van der Waals surface area contributed by atoms with Crippen LogP contribution in [0.25, 0.3) is 0 Å². The smallest absolute Gasteiger partial charge is 0.0647 e. The third-order valence-corrected chi connectivity index (χ3v) is 5.56. The molecule has 2 unspecified atom stereocenters. The number of anilines is 1. The van der Waals surface area contributed by atoms with Gasteiger partial charge >= 0.3 is 0 Å². The fourth-order valence-electron chi connectivity index (χ4n) is 3.05. The van der Waals surface area contributed by atoms with Crippen molar-refractivity contribution in [2.45, 2.75) is 38.0 Å². The molecule has 2 rings (SSSR count). The summed E-state index contributed by atoms with van der Waals surface area (Å²) in [6, 6.07) is 8.78. The van der Waals surface area contributed by atoms with Crippen molar-refractivity contribution in [1.29, 1.82) is 0 Å². The molecule has 1 aliphatic heterocycles. The average Bonchev–Trinajstić information content (AvgIpc) is 2.73. The molecule has 1 fully saturated rings. The van der Waals surface area contributed by atoms with Crippen molar-refractivity contribution in [2.75, 3.05) is 23.7 Å². The molecule has 1 saturated heterocycles. The van der Waals surface area contributed by atoms with Crippen LogP contribution in [0.15, 0.2) is 24.3 Å². The fraction of sp³-hybridized carbons (Fsp3) is 0.600. The summed E-state index contributed by atoms with van der Waals surface area (Å²) in [5, 5.41) is 0.600. The molecule has 0 aromatic heterocycles. The van der Waals surface area contributed by atoms with E-state index in [-0.39, 0.29) is 5.54 Å². The molecule has 2 nitrogen and oxygen atoms in total. The maximum atomic E-state index is 6.16. The molecule has 1 aliphatic rings. The molecule has 1 heterocycles. The third-order valence-electron chi connectivity index (χ3n) is 4.18. The molecule has 0 bridgehead atoms. The van der Waals surface area contributed by atoms with Crippen LogP contribution in [-0.4, -0.2) is 29.6 Å². The summed E-state index contributed by atoms with van der Waals surface area (Å²) in [6.45, 7) is 8.46. The molecule has 0 amide bonds. The van der Waals surface area contributed by atoms with Gasteiger partial charge in [-0.15, -0.1) is 0 Å². The van der Waals surface area contributed by atoms with Gasteiger partial charge in [0, 0.05) is 24.0 Å². The Morgan fingerprint density at radius 3 is 2.78 bits per heavy atom. The number of benzene rings is 1. The fourth-order valence-corrected chi connectivity index (χ4v) is 4.53. The van der Waals surface area contributed by atoms with Crippen molar-refractivity contribution in [2.24, 2.45) is 5.73 Å². The second-order valence-electron chi connectivity index (χ2n) is 5.15. The summed E-state index contributed by atoms with van der Waals surface area (Å²) in [5.41, 5.74) is 8.92. The van der Waals surface area contributed by atoms with Crippen molar-refractivity contribution in [1.82, 2.24) is 0 Å². The number of hydrogen-bond acceptors (Lipinski definition) is 3. The summed E-state index contributed by atoms with van der Waals surface area (Å²) in [7, 11) is 0. The lowest BCUT2D eigenvalue weighted by Crippen LogP contribution is -2.57. The highest BCUT2D eigenvalue weighted by atomic mass is 32.2. The first-order valence-electron chi connectivity index (χ1n) is 6.80. The minimum atomic E-state index is 0.132. The molecule has 18 heavy (non-hydrogen) atoms. The van der Waals surface area contributed by atoms with Gasteiger partial charge in [-0.25, -0.2) is 0 Å². The quantitative estimate of drug-likeness (QED) is 0.906. The minimum absolute atomic E-state index is 0.132. The van der Waals surface area contributed by atoms with Gasteiger partial charge in [0.25, 0.3) is 0 Å². The van der Waals surface area contributed by atoms with E-state index in [0.29, 0.717) is 5.25 Å². The second kappa shape index (κ2) is 5.54. The molecule has 0 radical (unpaired) electrons. The Hall–Kier alpha value is -0.670. The van der Waals surface area contributed by atoms with E-state index >= 15 is 0 Å². The first-order chi connectivity index (χ1) is 8.64. The van der Waals surface area contributed by atoms with Crippen molar-refractivity contribution in [3.05, 3.63) is 29.8 Å². The zero-order valence-electron chi connectivity index (χ0n) is 11.6. The van der Waals surface area contributed by atoms with Gasteiger partial charge in [-0.2, -0.15) is 11.8 Å². The molecule has 0 spiro atoms. The van der Waals surface area contributed by atoms with Gasteiger partial charge in [0.15, 0.2) is 0 Å². The SMILES string of the molecule is CCN(c1cccc(C)c1)C1(CN)CCSC1C. The van der Waals surface area contributed by atoms with Gasteiger partial charge in [-0.3, -0.25) is 0 Å². The number of thioether (sulfide) groups is 1. The van der Waals surface area contributed by atoms with Crippen molar-refractivity contribution in [3.63, 3.8) is 0 Å². The van der Waals surface area contributed by atoms with E-state index in [2.05, 4.69) is 49.9 Å². The highest BCUT2D eigenvalue weighted by Gasteiger charge is 2.44. The molecule has 0 aliphatic carbocycles. The van der Waals surface area contributed by atoms with Gasteiger partial charge in [0.2, 0.25) is 0 Å². The van der Waals surface area contributed by atoms with Crippen molar-refractivity contribution < 1.29 is 0 Å². The predicted molar refractivity (Wildman–Crippen MR) is 82.5 cm³/mol. The van der Waals surface area contributed by atoms with Crippen LogP contribution in [0.2, 0.25) is 0 Å². The Morgan fingerprint density at radius 2 is 2.28 bits per heavy atom. The Bertz CT molecular complexity index is 407. The Balaban J connectivity index is 2.38. The van der Waals surface area contributed by atoms with E-state index in [0.717, 1.165) is 13.1 Å². The second-order valence-corrected chi connectivity index (χ2v) is 6.60. The molecule has 2 atom stereocenters. The van der Waals surface area contributed by atoms with E-state index in [4.69, 9.17) is 5.73 Å². The van der Waals surface area contributed by atoms with Crippen LogP contribution in [-0.2, 0) is 0 Å². The van der Waals surface area contributed by atoms with Gasteiger partial charge < -0.3 is 10.6 Å². The Labute approximate surface area is 115 Å². The highest BCUT2D eigenvalue weighted by Crippen LogP contribution is 2.41. The van der Waals surface area contributed by atoms with Crippen LogP contribution < -0.4 is 10.6 Å². The molecule has 100 valence electrons. The summed E-state index contributed by atoms with van der Waals surface area (Å²) < 4.78 is 0. The molecular weight excluding hydrogens is 240 g/mol. The summed E-state index contributed by atoms with van der Waals surface area (Å²) in [5.74, 6) is 1.22. The van der Waals surface area contributed by atoms with E-state index < -0.39 is 0 Å². The molecule has 0 saturated carbocycles. The standard InChI is InChI=1S/C15H24N2S/c1-4-17(14-7-5-6-12(2)10-14)15(11-16)8-9-18-13(15)3/h5-7,10,13H,4,8-9,11,16H2,1-3H3. The molecule has 1 aromatic carbocycles. The Kier molecular flexibility index (Phi) is 4.23. The normalized spacial score (nSPS) is 27.4. The average molecular weight is 264 g/mol. The van der Waals surface area contributed by atoms with Gasteiger partial charge in [0.1, 0.15) is 0 Å². The molecule has 2 N–H and O–H groups in total. The topological polar surface area (TPSA) is 29.3 Å². The van der Waals surface area contributed by atoms with Crippen LogP contribution in [0.4, 0.5) is 5.69 Å². The van der Waals surface area contributed by atoms with Crippen LogP contribution in [0.1, 0.15) is 25.8 Å². The monoisotopic (exact) mass is 264 g/mol. The first-order valence-corrected chi connectivity index (χ1v) is 7.85. The largest absolute Gasteiger partial charge is 0.364 e. The zero-order valence-corrected chi connectivity index (χ0v) is 12.5. The maximum absolute atomic E-state index is 6.16. The van der Waals surface area contributed by atoms with Crippen LogP contribution in [0.5, 0.6) is 0 Å². The number of likely N-dealkylation sites (N-methyl/N-ethyl adjacent to an activating group) is 1. The van der Waals surface area contributed by atoms with E-state index in [1.165, 1.54) is 23.4 Å². The number of rotatable bonds is 4. The van der Waals surface area contributed by atoms with E-state index in [1.807, 2.05) is 11.8 Å². The lowest BCUT2D eigenvalue weighted by molar-refractivity contribution is 0.400. The maximum Gasteiger partial charge on any atom is 0.0647 e. The van der Waals surface area contributed by atoms with Crippen molar-refractivity contribution >= 4 is 17.4 Å². The first kappa shape index (κ1) is 13.8. The number of aryl methyl sites for hydroxylation is 1. The van der Waals surface area contributed by atoms with Crippen LogP contribution in [0.3, 0.4) is 0 Å². The van der Waals surface area contributed by atoms with Gasteiger partial charge in [-0.05, 0) is 43.7 Å². The third kappa shape index (κ3) is 2.26. The molecule has 3 heteroatoms. The van der Waals surface area contributed by atoms with Crippen LogP contribution >= 0.6 is 11.8 Å². The summed E-state index contributed by atoms with van der Waals surface area (Å²) in [4.78, 5) is 2.52. The summed E-state index contributed by atoms with van der Waals surface area (Å²) in [6.07, 6.45) is 1.19. The number of hydrogen-bond donors (Lipinski definition) is 1. The van der Waals surface area contributed by atoms with E-state index in [9.17, 15) is 0 Å². The number of nitrogens with zero attached hydrogens (tertiary/aromatic N) is 1. The summed E-state index contributed by atoms with van der Waals surface area (Å²) >= 11 is 2.05. The zero-order chi connectivity index (χ0) is 13.2. The number of nitrogens with two attached hydrogens (primary N) is 1. The predicted octanol–water partition coefficient (Wildman–Crippen LogP) is 3.04. The molecular formula is C15H24N2S. The Morgan fingerprint density at radius 1 is 1.50 bits per heavy atom.